The SMILES string of the molecule is CC/C=C\C/C=C\C/C=C\C/C=C\C/C=C\C/C=C\C/C=C\CCCCCCCC(=O)OCC(COC(=O)CCCCCCCC)OC(=O)CCCCCCC/C=C\C/C=C\CCCCC. The van der Waals surface area contributed by atoms with Crippen molar-refractivity contribution in [3.63, 3.8) is 0 Å². The van der Waals surface area contributed by atoms with Crippen molar-refractivity contribution in [3.8, 4) is 0 Å². The Morgan fingerprint density at radius 3 is 0.955 bits per heavy atom. The van der Waals surface area contributed by atoms with Gasteiger partial charge in [-0.3, -0.25) is 14.4 Å². The second kappa shape index (κ2) is 53.7. The van der Waals surface area contributed by atoms with Gasteiger partial charge in [0, 0.05) is 19.3 Å². The van der Waals surface area contributed by atoms with Crippen LogP contribution in [0.5, 0.6) is 0 Å². The first kappa shape index (κ1) is 62.1. The minimum absolute atomic E-state index is 0.0916. The van der Waals surface area contributed by atoms with Gasteiger partial charge in [0.15, 0.2) is 6.10 Å². The summed E-state index contributed by atoms with van der Waals surface area (Å²) in [5.74, 6) is -0.940. The monoisotopic (exact) mass is 915 g/mol. The summed E-state index contributed by atoms with van der Waals surface area (Å²) in [7, 11) is 0. The third-order valence-corrected chi connectivity index (χ3v) is 11.0. The lowest BCUT2D eigenvalue weighted by molar-refractivity contribution is -0.167. The Labute approximate surface area is 406 Å². The molecule has 6 heteroatoms. The van der Waals surface area contributed by atoms with Gasteiger partial charge in [0.05, 0.1) is 0 Å². The molecule has 0 fully saturated rings. The number of allylic oxidation sites excluding steroid dienone is 18. The highest BCUT2D eigenvalue weighted by molar-refractivity contribution is 5.71. The van der Waals surface area contributed by atoms with Crippen LogP contribution in [0.15, 0.2) is 109 Å². The van der Waals surface area contributed by atoms with Crippen molar-refractivity contribution in [2.45, 2.75) is 239 Å². The van der Waals surface area contributed by atoms with Crippen LogP contribution >= 0.6 is 0 Å². The predicted molar refractivity (Wildman–Crippen MR) is 283 cm³/mol. The highest BCUT2D eigenvalue weighted by Crippen LogP contribution is 2.13. The van der Waals surface area contributed by atoms with Crippen molar-refractivity contribution in [1.82, 2.24) is 0 Å². The van der Waals surface area contributed by atoms with Crippen molar-refractivity contribution in [2.75, 3.05) is 13.2 Å². The Bertz CT molecular complexity index is 1370. The Balaban J connectivity index is 4.24. The van der Waals surface area contributed by atoms with E-state index in [1.807, 2.05) is 0 Å². The van der Waals surface area contributed by atoms with Crippen LogP contribution in [0, 0.1) is 0 Å². The molecule has 0 aromatic heterocycles. The molecular weight excluding hydrogens is 817 g/mol. The Morgan fingerprint density at radius 2 is 0.591 bits per heavy atom. The van der Waals surface area contributed by atoms with E-state index in [9.17, 15) is 14.4 Å². The molecule has 0 amide bonds. The summed E-state index contributed by atoms with van der Waals surface area (Å²) in [5, 5.41) is 0. The second-order valence-corrected chi connectivity index (χ2v) is 17.4. The largest absolute Gasteiger partial charge is 0.462 e. The third kappa shape index (κ3) is 51.1. The highest BCUT2D eigenvalue weighted by Gasteiger charge is 2.19. The van der Waals surface area contributed by atoms with Crippen LogP contribution in [0.4, 0.5) is 0 Å². The average Bonchev–Trinajstić information content (AvgIpc) is 3.31. The fourth-order valence-electron chi connectivity index (χ4n) is 6.98. The predicted octanol–water partition coefficient (Wildman–Crippen LogP) is 17.9. The van der Waals surface area contributed by atoms with Crippen LogP contribution in [0.1, 0.15) is 233 Å². The summed E-state index contributed by atoms with van der Waals surface area (Å²) >= 11 is 0. The molecule has 0 saturated heterocycles. The lowest BCUT2D eigenvalue weighted by Crippen LogP contribution is -2.30. The molecule has 1 atom stereocenters. The fraction of sp³-hybridized carbons (Fsp3) is 0.650. The number of ether oxygens (including phenoxy) is 3. The normalized spacial score (nSPS) is 13.0. The molecule has 0 aliphatic rings. The summed E-state index contributed by atoms with van der Waals surface area (Å²) in [6, 6.07) is 0. The van der Waals surface area contributed by atoms with Crippen LogP contribution in [-0.4, -0.2) is 37.2 Å². The lowest BCUT2D eigenvalue weighted by atomic mass is 10.1. The van der Waals surface area contributed by atoms with E-state index >= 15 is 0 Å². The maximum Gasteiger partial charge on any atom is 0.306 e. The van der Waals surface area contributed by atoms with E-state index in [1.54, 1.807) is 0 Å². The molecule has 0 aliphatic heterocycles. The maximum absolute atomic E-state index is 12.7. The average molecular weight is 915 g/mol. The zero-order chi connectivity index (χ0) is 47.9. The van der Waals surface area contributed by atoms with E-state index in [2.05, 4.69) is 130 Å². The summed E-state index contributed by atoms with van der Waals surface area (Å²) in [6.45, 7) is 6.39. The van der Waals surface area contributed by atoms with Gasteiger partial charge in [0.25, 0.3) is 0 Å². The Hall–Kier alpha value is -3.93. The van der Waals surface area contributed by atoms with Crippen molar-refractivity contribution in [2.24, 2.45) is 0 Å². The van der Waals surface area contributed by atoms with Crippen molar-refractivity contribution in [3.05, 3.63) is 109 Å². The van der Waals surface area contributed by atoms with Crippen LogP contribution in [0.2, 0.25) is 0 Å². The summed E-state index contributed by atoms with van der Waals surface area (Å²) in [6.07, 6.45) is 72.4. The number of rotatable bonds is 47. The quantitative estimate of drug-likeness (QED) is 0.0262. The van der Waals surface area contributed by atoms with Crippen LogP contribution in [0.3, 0.4) is 0 Å². The van der Waals surface area contributed by atoms with E-state index in [1.165, 1.54) is 44.9 Å². The number of hydrogen-bond donors (Lipinski definition) is 0. The Morgan fingerprint density at radius 1 is 0.318 bits per heavy atom. The number of esters is 3. The minimum atomic E-state index is -0.791. The second-order valence-electron chi connectivity index (χ2n) is 17.4. The lowest BCUT2D eigenvalue weighted by Gasteiger charge is -2.18. The van der Waals surface area contributed by atoms with Gasteiger partial charge in [-0.25, -0.2) is 0 Å². The fourth-order valence-corrected chi connectivity index (χ4v) is 6.98. The molecule has 0 aliphatic carbocycles. The molecule has 0 rings (SSSR count). The molecule has 0 N–H and O–H groups in total. The first-order valence-corrected chi connectivity index (χ1v) is 26.9. The van der Waals surface area contributed by atoms with Gasteiger partial charge in [0.2, 0.25) is 0 Å². The maximum atomic E-state index is 12.7. The smallest absolute Gasteiger partial charge is 0.306 e. The standard InChI is InChI=1S/C60H98O6/c1-4-7-10-13-16-18-20-22-24-25-26-27-28-29-30-31-32-33-34-35-37-38-40-42-44-47-50-53-59(62)65-56-57(55-64-58(61)52-49-46-15-12-9-6-3)66-60(63)54-51-48-45-43-41-39-36-23-21-19-17-14-11-8-5-2/h7,10,16-19,22-24,26-27,29-30,32-33,35-37,57H,4-6,8-9,11-15,20-21,25,28,31,34,38-56H2,1-3H3/b10-7-,18-16-,19-17-,24-22-,27-26-,30-29-,33-32-,36-23-,37-35-. The zero-order valence-corrected chi connectivity index (χ0v) is 42.7. The summed E-state index contributed by atoms with van der Waals surface area (Å²) in [5.41, 5.74) is 0. The van der Waals surface area contributed by atoms with E-state index in [0.29, 0.717) is 19.3 Å². The number of unbranched alkanes of at least 4 members (excludes halogenated alkanes) is 18. The van der Waals surface area contributed by atoms with Gasteiger partial charge >= 0.3 is 17.9 Å². The van der Waals surface area contributed by atoms with Gasteiger partial charge in [-0.2, -0.15) is 0 Å². The molecular formula is C60H98O6. The molecule has 0 aromatic rings. The van der Waals surface area contributed by atoms with Crippen LogP contribution in [-0.2, 0) is 28.6 Å². The molecule has 0 bridgehead atoms. The molecule has 0 aromatic carbocycles. The number of hydrogen-bond acceptors (Lipinski definition) is 6. The van der Waals surface area contributed by atoms with Crippen molar-refractivity contribution >= 4 is 17.9 Å². The van der Waals surface area contributed by atoms with Crippen LogP contribution < -0.4 is 0 Å². The van der Waals surface area contributed by atoms with Crippen molar-refractivity contribution in [1.29, 1.82) is 0 Å². The van der Waals surface area contributed by atoms with E-state index in [4.69, 9.17) is 14.2 Å². The zero-order valence-electron chi connectivity index (χ0n) is 42.7. The van der Waals surface area contributed by atoms with Crippen molar-refractivity contribution < 1.29 is 28.6 Å². The molecule has 374 valence electrons. The van der Waals surface area contributed by atoms with Gasteiger partial charge in [-0.15, -0.1) is 0 Å². The van der Waals surface area contributed by atoms with Gasteiger partial charge in [-0.1, -0.05) is 214 Å². The highest BCUT2D eigenvalue weighted by atomic mass is 16.6. The van der Waals surface area contributed by atoms with E-state index in [-0.39, 0.29) is 31.1 Å². The first-order chi connectivity index (χ1) is 32.5. The minimum Gasteiger partial charge on any atom is -0.462 e. The first-order valence-electron chi connectivity index (χ1n) is 26.9. The molecule has 0 saturated carbocycles. The molecule has 6 nitrogen and oxygen atoms in total. The van der Waals surface area contributed by atoms with E-state index in [0.717, 1.165) is 148 Å². The molecule has 0 radical (unpaired) electrons. The molecule has 0 spiro atoms. The van der Waals surface area contributed by atoms with Gasteiger partial charge < -0.3 is 14.2 Å². The third-order valence-electron chi connectivity index (χ3n) is 11.0. The van der Waals surface area contributed by atoms with Crippen LogP contribution in [0.25, 0.3) is 0 Å². The van der Waals surface area contributed by atoms with Gasteiger partial charge in [0.1, 0.15) is 13.2 Å². The summed E-state index contributed by atoms with van der Waals surface area (Å²) < 4.78 is 16.7. The van der Waals surface area contributed by atoms with E-state index < -0.39 is 6.10 Å². The number of carbonyl (C=O) groups excluding carboxylic acids is 3. The molecule has 0 heterocycles. The topological polar surface area (TPSA) is 78.9 Å². The molecule has 66 heavy (non-hydrogen) atoms. The molecule has 1 unspecified atom stereocenters. The summed E-state index contributed by atoms with van der Waals surface area (Å²) in [4.78, 5) is 37.8. The Kier molecular flexibility index (Phi) is 50.5. The number of carbonyl (C=O) groups is 3. The van der Waals surface area contributed by atoms with Gasteiger partial charge in [-0.05, 0) is 109 Å².